The number of carboxylic acids is 1. The lowest BCUT2D eigenvalue weighted by atomic mass is 10.4. The molecule has 0 unspecified atom stereocenters. The van der Waals surface area contributed by atoms with Gasteiger partial charge in [0.2, 0.25) is 0 Å². The molecule has 0 atom stereocenters. The number of ether oxygens (including phenoxy) is 1. The number of carboxylic acid groups (broad SMARTS) is 1. The van der Waals surface area contributed by atoms with Gasteiger partial charge in [-0.2, -0.15) is 0 Å². The number of carbonyl (C=O) groups is 3. The summed E-state index contributed by atoms with van der Waals surface area (Å²) in [5.74, 6) is -1.87. The first-order valence-electron chi connectivity index (χ1n) is 3.72. The monoisotopic (exact) mass is 186 g/mol. The molecule has 0 saturated heterocycles. The van der Waals surface area contributed by atoms with E-state index < -0.39 is 17.9 Å². The molecule has 0 amide bonds. The zero-order valence-electron chi connectivity index (χ0n) is 7.15. The van der Waals surface area contributed by atoms with E-state index in [0.717, 1.165) is 18.6 Å². The highest BCUT2D eigenvalue weighted by atomic mass is 16.6. The molecule has 72 valence electrons. The third-order valence-electron chi connectivity index (χ3n) is 1.02. The number of esters is 2. The average molecular weight is 186 g/mol. The van der Waals surface area contributed by atoms with E-state index in [2.05, 4.69) is 4.74 Å². The summed E-state index contributed by atoms with van der Waals surface area (Å²) in [7, 11) is 0. The Hall–Kier alpha value is -1.65. The lowest BCUT2D eigenvalue weighted by Crippen LogP contribution is -1.96. The van der Waals surface area contributed by atoms with Crippen LogP contribution in [0.1, 0.15) is 19.8 Å². The Labute approximate surface area is 75.0 Å². The molecule has 13 heavy (non-hydrogen) atoms. The van der Waals surface area contributed by atoms with Crippen molar-refractivity contribution in [3.05, 3.63) is 12.2 Å². The Morgan fingerprint density at radius 1 is 1.38 bits per heavy atom. The normalized spacial score (nSPS) is 13.3. The zero-order chi connectivity index (χ0) is 10.3. The molecule has 1 aliphatic rings. The highest BCUT2D eigenvalue weighted by Gasteiger charge is 2.10. The van der Waals surface area contributed by atoms with Gasteiger partial charge < -0.3 is 9.84 Å². The Morgan fingerprint density at radius 3 is 1.92 bits per heavy atom. The predicted molar refractivity (Wildman–Crippen MR) is 42.8 cm³/mol. The summed E-state index contributed by atoms with van der Waals surface area (Å²) >= 11 is 0. The van der Waals surface area contributed by atoms with Crippen molar-refractivity contribution in [3.8, 4) is 0 Å². The summed E-state index contributed by atoms with van der Waals surface area (Å²) < 4.78 is 3.97. The molecular weight excluding hydrogens is 176 g/mol. The van der Waals surface area contributed by atoms with Crippen molar-refractivity contribution in [2.24, 2.45) is 0 Å². The van der Waals surface area contributed by atoms with Crippen LogP contribution in [0.3, 0.4) is 0 Å². The van der Waals surface area contributed by atoms with Crippen molar-refractivity contribution >= 4 is 17.9 Å². The summed E-state index contributed by atoms with van der Waals surface area (Å²) in [6, 6.07) is 0. The maximum Gasteiger partial charge on any atom is 0.338 e. The summed E-state index contributed by atoms with van der Waals surface area (Å²) in [6.07, 6.45) is 3.19. The Morgan fingerprint density at radius 2 is 1.85 bits per heavy atom. The maximum absolute atomic E-state index is 9.92. The quantitative estimate of drug-likeness (QED) is 0.501. The number of carbonyl (C=O) groups excluding carboxylic acids is 2. The van der Waals surface area contributed by atoms with Gasteiger partial charge in [-0.15, -0.1) is 0 Å². The molecule has 0 spiro atoms. The Kier molecular flexibility index (Phi) is 5.18. The van der Waals surface area contributed by atoms with Crippen LogP contribution in [0.25, 0.3) is 0 Å². The molecular formula is C8H10O5. The molecule has 0 bridgehead atoms. The van der Waals surface area contributed by atoms with Gasteiger partial charge in [0, 0.05) is 18.6 Å². The van der Waals surface area contributed by atoms with E-state index in [-0.39, 0.29) is 0 Å². The third-order valence-corrected chi connectivity index (χ3v) is 1.02. The molecule has 1 rings (SSSR count). The van der Waals surface area contributed by atoms with Crippen molar-refractivity contribution in [2.75, 3.05) is 0 Å². The number of hydrogen-bond donors (Lipinski definition) is 1. The number of hydrogen-bond acceptors (Lipinski definition) is 4. The van der Waals surface area contributed by atoms with Crippen molar-refractivity contribution < 1.29 is 24.2 Å². The van der Waals surface area contributed by atoms with E-state index >= 15 is 0 Å². The molecule has 1 heterocycles. The fourth-order valence-corrected chi connectivity index (χ4v) is 0.517. The molecule has 5 nitrogen and oxygen atoms in total. The largest absolute Gasteiger partial charge is 0.481 e. The predicted octanol–water partition coefficient (Wildman–Crippen LogP) is 0.497. The second-order valence-corrected chi connectivity index (χ2v) is 2.22. The van der Waals surface area contributed by atoms with Crippen LogP contribution in [0.4, 0.5) is 0 Å². The van der Waals surface area contributed by atoms with Gasteiger partial charge in [0.15, 0.2) is 0 Å². The van der Waals surface area contributed by atoms with Crippen LogP contribution in [0.15, 0.2) is 12.2 Å². The lowest BCUT2D eigenvalue weighted by Gasteiger charge is -1.80. The van der Waals surface area contributed by atoms with E-state index in [1.54, 1.807) is 0 Å². The van der Waals surface area contributed by atoms with Gasteiger partial charge in [0.05, 0.1) is 0 Å². The minimum atomic E-state index is -0.711. The van der Waals surface area contributed by atoms with Gasteiger partial charge in [-0.05, 0) is 6.42 Å². The van der Waals surface area contributed by atoms with Crippen LogP contribution in [-0.4, -0.2) is 23.0 Å². The van der Waals surface area contributed by atoms with Crippen molar-refractivity contribution in [2.45, 2.75) is 19.8 Å². The van der Waals surface area contributed by atoms with Gasteiger partial charge in [-0.3, -0.25) is 4.79 Å². The molecule has 1 N–H and O–H groups in total. The lowest BCUT2D eigenvalue weighted by molar-refractivity contribution is -0.150. The average Bonchev–Trinajstić information content (AvgIpc) is 2.35. The molecule has 0 aromatic carbocycles. The molecule has 5 heteroatoms. The summed E-state index contributed by atoms with van der Waals surface area (Å²) in [6.45, 7) is 1.84. The Balaban J connectivity index is 0.000000226. The van der Waals surface area contributed by atoms with Crippen LogP contribution in [-0.2, 0) is 19.1 Å². The standard InChI is InChI=1S/C4H2O3.C4H8O2/c5-3-1-2-4(6)7-3;1-2-3-4(5)6/h1-2H;2-3H2,1H3,(H,5,6). The molecule has 0 fully saturated rings. The minimum Gasteiger partial charge on any atom is -0.481 e. The first-order valence-corrected chi connectivity index (χ1v) is 3.72. The molecule has 0 aromatic rings. The summed E-state index contributed by atoms with van der Waals surface area (Å²) in [5.41, 5.74) is 0. The van der Waals surface area contributed by atoms with Crippen molar-refractivity contribution in [1.29, 1.82) is 0 Å². The van der Waals surface area contributed by atoms with Crippen molar-refractivity contribution in [3.63, 3.8) is 0 Å². The second kappa shape index (κ2) is 5.93. The van der Waals surface area contributed by atoms with Gasteiger partial charge in [-0.25, -0.2) is 9.59 Å². The van der Waals surface area contributed by atoms with E-state index in [9.17, 15) is 14.4 Å². The van der Waals surface area contributed by atoms with Gasteiger partial charge in [-0.1, -0.05) is 6.92 Å². The Bertz CT molecular complexity index is 225. The first-order chi connectivity index (χ1) is 6.06. The van der Waals surface area contributed by atoms with Gasteiger partial charge in [0.25, 0.3) is 0 Å². The van der Waals surface area contributed by atoms with Crippen molar-refractivity contribution in [1.82, 2.24) is 0 Å². The van der Waals surface area contributed by atoms with Crippen LogP contribution < -0.4 is 0 Å². The van der Waals surface area contributed by atoms with E-state index in [1.807, 2.05) is 6.92 Å². The topological polar surface area (TPSA) is 80.7 Å². The molecule has 0 radical (unpaired) electrons. The minimum absolute atomic E-state index is 0.292. The highest BCUT2D eigenvalue weighted by molar-refractivity contribution is 6.04. The van der Waals surface area contributed by atoms with Gasteiger partial charge >= 0.3 is 17.9 Å². The van der Waals surface area contributed by atoms with Crippen LogP contribution in [0.5, 0.6) is 0 Å². The number of rotatable bonds is 2. The third kappa shape index (κ3) is 6.74. The molecule has 0 aliphatic carbocycles. The van der Waals surface area contributed by atoms with Crippen LogP contribution in [0, 0.1) is 0 Å². The summed E-state index contributed by atoms with van der Waals surface area (Å²) in [5, 5.41) is 7.91. The van der Waals surface area contributed by atoms with Crippen LogP contribution >= 0.6 is 0 Å². The van der Waals surface area contributed by atoms with Crippen LogP contribution in [0.2, 0.25) is 0 Å². The van der Waals surface area contributed by atoms with E-state index in [4.69, 9.17) is 5.11 Å². The van der Waals surface area contributed by atoms with E-state index in [1.165, 1.54) is 0 Å². The molecule has 1 aliphatic heterocycles. The number of aliphatic carboxylic acids is 1. The fourth-order valence-electron chi connectivity index (χ4n) is 0.517. The SMILES string of the molecule is CCCC(=O)O.O=C1C=CC(=O)O1. The van der Waals surface area contributed by atoms with E-state index in [0.29, 0.717) is 6.42 Å². The highest BCUT2D eigenvalue weighted by Crippen LogP contribution is 1.92. The smallest absolute Gasteiger partial charge is 0.338 e. The fraction of sp³-hybridized carbons (Fsp3) is 0.375. The maximum atomic E-state index is 9.92. The molecule has 0 saturated carbocycles. The molecule has 0 aromatic heterocycles. The number of cyclic esters (lactones) is 2. The van der Waals surface area contributed by atoms with Gasteiger partial charge in [0.1, 0.15) is 0 Å². The second-order valence-electron chi connectivity index (χ2n) is 2.22. The summed E-state index contributed by atoms with van der Waals surface area (Å²) in [4.78, 5) is 29.4. The zero-order valence-corrected chi connectivity index (χ0v) is 7.15. The first kappa shape index (κ1) is 11.4.